The molecule has 1 aromatic rings. The minimum atomic E-state index is -0.188. The predicted octanol–water partition coefficient (Wildman–Crippen LogP) is 1.74. The summed E-state index contributed by atoms with van der Waals surface area (Å²) in [5.74, 6) is 0.873. The zero-order chi connectivity index (χ0) is 11.1. The van der Waals surface area contributed by atoms with Crippen molar-refractivity contribution in [1.29, 1.82) is 0 Å². The second-order valence-electron chi connectivity index (χ2n) is 4.10. The number of nitrogens with zero attached hydrogens (tertiary/aromatic N) is 1. The first-order valence-electron chi connectivity index (χ1n) is 5.40. The van der Waals surface area contributed by atoms with E-state index in [0.29, 0.717) is 6.61 Å². The maximum atomic E-state index is 11.4. The van der Waals surface area contributed by atoms with Crippen LogP contribution in [0.1, 0.15) is 17.2 Å². The molecule has 0 aromatic heterocycles. The van der Waals surface area contributed by atoms with Gasteiger partial charge in [0.2, 0.25) is 0 Å². The van der Waals surface area contributed by atoms with Crippen LogP contribution in [0.5, 0.6) is 5.75 Å². The number of ether oxygens (including phenoxy) is 2. The summed E-state index contributed by atoms with van der Waals surface area (Å²) in [6.45, 7) is 1.21. The Morgan fingerprint density at radius 3 is 3.19 bits per heavy atom. The largest absolute Gasteiger partial charge is 0.497 e. The first kappa shape index (κ1) is 9.51. The van der Waals surface area contributed by atoms with Gasteiger partial charge in [0.15, 0.2) is 0 Å². The van der Waals surface area contributed by atoms with E-state index in [9.17, 15) is 4.79 Å². The highest BCUT2D eigenvalue weighted by Gasteiger charge is 2.37. The number of methoxy groups -OCH3 is 1. The standard InChI is InChI=1S/C12H13NO3/c1-15-9-2-3-10-8(6-9)4-5-13-11(10)7-16-12(13)14/h2-3,6,11H,4-5,7H2,1H3. The maximum Gasteiger partial charge on any atom is 0.410 e. The molecule has 0 N–H and O–H groups in total. The van der Waals surface area contributed by atoms with Crippen molar-refractivity contribution in [3.63, 3.8) is 0 Å². The summed E-state index contributed by atoms with van der Waals surface area (Å²) < 4.78 is 10.3. The van der Waals surface area contributed by atoms with Crippen molar-refractivity contribution < 1.29 is 14.3 Å². The molecule has 0 saturated carbocycles. The second kappa shape index (κ2) is 3.40. The number of hydrogen-bond acceptors (Lipinski definition) is 3. The molecule has 1 aromatic carbocycles. The number of carbonyl (C=O) groups is 1. The zero-order valence-corrected chi connectivity index (χ0v) is 9.10. The van der Waals surface area contributed by atoms with Crippen LogP contribution in [0.4, 0.5) is 4.79 Å². The molecule has 4 nitrogen and oxygen atoms in total. The van der Waals surface area contributed by atoms with E-state index < -0.39 is 0 Å². The molecule has 84 valence electrons. The van der Waals surface area contributed by atoms with Crippen LogP contribution >= 0.6 is 0 Å². The molecule has 2 aliphatic heterocycles. The normalized spacial score (nSPS) is 22.4. The fraction of sp³-hybridized carbons (Fsp3) is 0.417. The number of rotatable bonds is 1. The number of carbonyl (C=O) groups excluding carboxylic acids is 1. The first-order valence-corrected chi connectivity index (χ1v) is 5.40. The van der Waals surface area contributed by atoms with Crippen LogP contribution in [0.25, 0.3) is 0 Å². The third-order valence-electron chi connectivity index (χ3n) is 3.31. The second-order valence-corrected chi connectivity index (χ2v) is 4.10. The van der Waals surface area contributed by atoms with Gasteiger partial charge in [0.1, 0.15) is 12.4 Å². The van der Waals surface area contributed by atoms with E-state index in [1.54, 1.807) is 12.0 Å². The lowest BCUT2D eigenvalue weighted by molar-refractivity contribution is 0.157. The predicted molar refractivity (Wildman–Crippen MR) is 57.5 cm³/mol. The summed E-state index contributed by atoms with van der Waals surface area (Å²) in [7, 11) is 1.67. The van der Waals surface area contributed by atoms with E-state index in [1.165, 1.54) is 11.1 Å². The summed E-state index contributed by atoms with van der Waals surface area (Å²) >= 11 is 0. The monoisotopic (exact) mass is 219 g/mol. The van der Waals surface area contributed by atoms with Gasteiger partial charge in [-0.3, -0.25) is 4.90 Å². The molecule has 1 fully saturated rings. The Bertz CT molecular complexity index is 444. The van der Waals surface area contributed by atoms with Crippen LogP contribution in [0, 0.1) is 0 Å². The van der Waals surface area contributed by atoms with E-state index in [2.05, 4.69) is 6.07 Å². The molecule has 0 radical (unpaired) electrons. The van der Waals surface area contributed by atoms with Crippen LogP contribution in [0.15, 0.2) is 18.2 Å². The molecular formula is C12H13NO3. The molecule has 4 heteroatoms. The molecule has 0 aliphatic carbocycles. The average molecular weight is 219 g/mol. The third-order valence-corrected chi connectivity index (χ3v) is 3.31. The van der Waals surface area contributed by atoms with Crippen LogP contribution in [-0.2, 0) is 11.2 Å². The van der Waals surface area contributed by atoms with Crippen molar-refractivity contribution in [2.24, 2.45) is 0 Å². The lowest BCUT2D eigenvalue weighted by atomic mass is 9.93. The molecule has 2 heterocycles. The molecule has 1 unspecified atom stereocenters. The smallest absolute Gasteiger partial charge is 0.410 e. The summed E-state index contributed by atoms with van der Waals surface area (Å²) in [5.41, 5.74) is 2.46. The number of fused-ring (bicyclic) bond motifs is 3. The van der Waals surface area contributed by atoms with Gasteiger partial charge < -0.3 is 9.47 Å². The fourth-order valence-electron chi connectivity index (χ4n) is 2.45. The van der Waals surface area contributed by atoms with Crippen molar-refractivity contribution in [3.8, 4) is 5.75 Å². The summed E-state index contributed by atoms with van der Waals surface area (Å²) in [5, 5.41) is 0. The molecule has 1 atom stereocenters. The Morgan fingerprint density at radius 2 is 2.38 bits per heavy atom. The van der Waals surface area contributed by atoms with Gasteiger partial charge in [-0.25, -0.2) is 4.79 Å². The summed E-state index contributed by atoms with van der Waals surface area (Å²) in [6, 6.07) is 6.12. The highest BCUT2D eigenvalue weighted by Crippen LogP contribution is 2.35. The number of amides is 1. The molecule has 0 spiro atoms. The maximum absolute atomic E-state index is 11.4. The number of hydrogen-bond donors (Lipinski definition) is 0. The minimum Gasteiger partial charge on any atom is -0.497 e. The molecular weight excluding hydrogens is 206 g/mol. The minimum absolute atomic E-state index is 0.0992. The Morgan fingerprint density at radius 1 is 1.50 bits per heavy atom. The SMILES string of the molecule is COc1ccc2c(c1)CCN1C(=O)OCC21. The van der Waals surface area contributed by atoms with Crippen LogP contribution < -0.4 is 4.74 Å². The number of benzene rings is 1. The summed E-state index contributed by atoms with van der Waals surface area (Å²) in [4.78, 5) is 13.2. The third kappa shape index (κ3) is 1.26. The molecule has 0 bridgehead atoms. The van der Waals surface area contributed by atoms with Gasteiger partial charge in [0.05, 0.1) is 13.2 Å². The lowest BCUT2D eigenvalue weighted by Gasteiger charge is -2.29. The van der Waals surface area contributed by atoms with Gasteiger partial charge in [0, 0.05) is 6.54 Å². The molecule has 16 heavy (non-hydrogen) atoms. The van der Waals surface area contributed by atoms with Crippen LogP contribution in [0.3, 0.4) is 0 Å². The average Bonchev–Trinajstić information content (AvgIpc) is 2.70. The van der Waals surface area contributed by atoms with Gasteiger partial charge in [-0.05, 0) is 29.7 Å². The summed E-state index contributed by atoms with van der Waals surface area (Å²) in [6.07, 6.45) is 0.685. The van der Waals surface area contributed by atoms with Gasteiger partial charge in [-0.15, -0.1) is 0 Å². The molecule has 2 aliphatic rings. The Hall–Kier alpha value is -1.71. The van der Waals surface area contributed by atoms with Crippen LogP contribution in [-0.4, -0.2) is 31.3 Å². The van der Waals surface area contributed by atoms with Gasteiger partial charge in [-0.2, -0.15) is 0 Å². The van der Waals surface area contributed by atoms with E-state index in [1.807, 2.05) is 12.1 Å². The zero-order valence-electron chi connectivity index (χ0n) is 9.10. The number of cyclic esters (lactones) is 1. The van der Waals surface area contributed by atoms with Gasteiger partial charge in [-0.1, -0.05) is 6.07 Å². The highest BCUT2D eigenvalue weighted by atomic mass is 16.6. The fourth-order valence-corrected chi connectivity index (χ4v) is 2.45. The van der Waals surface area contributed by atoms with E-state index in [4.69, 9.17) is 9.47 Å². The van der Waals surface area contributed by atoms with Crippen molar-refractivity contribution in [2.75, 3.05) is 20.3 Å². The molecule has 1 amide bonds. The van der Waals surface area contributed by atoms with Crippen molar-refractivity contribution >= 4 is 6.09 Å². The van der Waals surface area contributed by atoms with Crippen molar-refractivity contribution in [3.05, 3.63) is 29.3 Å². The quantitative estimate of drug-likeness (QED) is 0.722. The first-order chi connectivity index (χ1) is 7.79. The van der Waals surface area contributed by atoms with E-state index >= 15 is 0 Å². The van der Waals surface area contributed by atoms with Gasteiger partial charge >= 0.3 is 6.09 Å². The van der Waals surface area contributed by atoms with Crippen molar-refractivity contribution in [2.45, 2.75) is 12.5 Å². The Balaban J connectivity index is 2.01. The van der Waals surface area contributed by atoms with Crippen molar-refractivity contribution in [1.82, 2.24) is 4.90 Å². The van der Waals surface area contributed by atoms with E-state index in [0.717, 1.165) is 18.7 Å². The Kier molecular flexibility index (Phi) is 2.02. The van der Waals surface area contributed by atoms with Crippen LogP contribution in [0.2, 0.25) is 0 Å². The topological polar surface area (TPSA) is 38.8 Å². The van der Waals surface area contributed by atoms with Gasteiger partial charge in [0.25, 0.3) is 0 Å². The lowest BCUT2D eigenvalue weighted by Crippen LogP contribution is -2.34. The molecule has 1 saturated heterocycles. The molecule has 3 rings (SSSR count). The Labute approximate surface area is 93.8 Å². The highest BCUT2D eigenvalue weighted by molar-refractivity contribution is 5.71. The van der Waals surface area contributed by atoms with E-state index in [-0.39, 0.29) is 12.1 Å².